The van der Waals surface area contributed by atoms with E-state index in [1.165, 1.54) is 0 Å². The molecule has 0 aliphatic carbocycles. The number of likely N-dealkylation sites (tertiary alicyclic amines) is 1. The molecule has 1 amide bonds. The molecule has 5 nitrogen and oxygen atoms in total. The molecule has 0 atom stereocenters. The van der Waals surface area contributed by atoms with Crippen LogP contribution < -0.4 is 5.32 Å². The van der Waals surface area contributed by atoms with Gasteiger partial charge in [0.1, 0.15) is 6.54 Å². The molecule has 0 spiro atoms. The lowest BCUT2D eigenvalue weighted by atomic mass is 10.00. The zero-order chi connectivity index (χ0) is 16.0. The van der Waals surface area contributed by atoms with Crippen LogP contribution in [0.3, 0.4) is 0 Å². The molecule has 1 aliphatic rings. The minimum atomic E-state index is -4.38. The average molecular weight is 436 g/mol. The van der Waals surface area contributed by atoms with Crippen molar-refractivity contribution in [3.8, 4) is 0 Å². The van der Waals surface area contributed by atoms with Gasteiger partial charge in [0, 0.05) is 27.2 Å². The molecule has 1 aliphatic heterocycles. The van der Waals surface area contributed by atoms with Gasteiger partial charge in [-0.1, -0.05) is 6.92 Å². The number of piperidine rings is 1. The Morgan fingerprint density at radius 3 is 2.36 bits per heavy atom. The number of nitrogens with zero attached hydrogens (tertiary/aromatic N) is 3. The SMILES string of the molecule is CN=C(NCC(=O)N(C)CC(F)(F)F)N1CCC(C)CC1.I. The minimum Gasteiger partial charge on any atom is -0.347 e. The Balaban J connectivity index is 0.00000441. The maximum atomic E-state index is 12.2. The summed E-state index contributed by atoms with van der Waals surface area (Å²) in [4.78, 5) is 18.4. The highest BCUT2D eigenvalue weighted by Crippen LogP contribution is 2.16. The Labute approximate surface area is 146 Å². The molecule has 0 radical (unpaired) electrons. The minimum absolute atomic E-state index is 0. The zero-order valence-corrected chi connectivity index (χ0v) is 15.4. The van der Waals surface area contributed by atoms with Gasteiger partial charge in [-0.05, 0) is 18.8 Å². The fourth-order valence-corrected chi connectivity index (χ4v) is 2.20. The van der Waals surface area contributed by atoms with Gasteiger partial charge in [0.05, 0.1) is 6.54 Å². The molecule has 1 heterocycles. The molecule has 1 rings (SSSR count). The van der Waals surface area contributed by atoms with E-state index < -0.39 is 18.6 Å². The van der Waals surface area contributed by atoms with Crippen molar-refractivity contribution < 1.29 is 18.0 Å². The molecular formula is C13H24F3IN4O. The highest BCUT2D eigenvalue weighted by molar-refractivity contribution is 14.0. The van der Waals surface area contributed by atoms with Crippen LogP contribution in [0.4, 0.5) is 13.2 Å². The maximum Gasteiger partial charge on any atom is 0.406 e. The van der Waals surface area contributed by atoms with Crippen LogP contribution in [0.25, 0.3) is 0 Å². The van der Waals surface area contributed by atoms with Crippen molar-refractivity contribution in [1.29, 1.82) is 0 Å². The van der Waals surface area contributed by atoms with Crippen molar-refractivity contribution in [3.05, 3.63) is 0 Å². The fraction of sp³-hybridized carbons (Fsp3) is 0.846. The van der Waals surface area contributed by atoms with Crippen molar-refractivity contribution in [1.82, 2.24) is 15.1 Å². The van der Waals surface area contributed by atoms with E-state index in [9.17, 15) is 18.0 Å². The highest BCUT2D eigenvalue weighted by Gasteiger charge is 2.31. The summed E-state index contributed by atoms with van der Waals surface area (Å²) in [5.74, 6) is 0.619. The molecule has 22 heavy (non-hydrogen) atoms. The molecule has 0 aromatic carbocycles. The number of likely N-dealkylation sites (N-methyl/N-ethyl adjacent to an activating group) is 1. The molecule has 0 aromatic rings. The van der Waals surface area contributed by atoms with E-state index in [2.05, 4.69) is 17.2 Å². The van der Waals surface area contributed by atoms with Crippen LogP contribution in [0.1, 0.15) is 19.8 Å². The summed E-state index contributed by atoms with van der Waals surface area (Å²) in [6.45, 7) is 2.43. The van der Waals surface area contributed by atoms with Crippen LogP contribution in [-0.2, 0) is 4.79 Å². The number of guanidine groups is 1. The van der Waals surface area contributed by atoms with Gasteiger partial charge in [0.25, 0.3) is 0 Å². The molecular weight excluding hydrogens is 412 g/mol. The molecule has 1 fully saturated rings. The van der Waals surface area contributed by atoms with Crippen LogP contribution in [0.2, 0.25) is 0 Å². The smallest absolute Gasteiger partial charge is 0.347 e. The lowest BCUT2D eigenvalue weighted by Crippen LogP contribution is -2.49. The normalized spacial score (nSPS) is 17.0. The summed E-state index contributed by atoms with van der Waals surface area (Å²) >= 11 is 0. The number of hydrogen-bond donors (Lipinski definition) is 1. The first-order valence-corrected chi connectivity index (χ1v) is 6.99. The molecule has 0 saturated carbocycles. The van der Waals surface area contributed by atoms with Gasteiger partial charge >= 0.3 is 6.18 Å². The second-order valence-electron chi connectivity index (χ2n) is 5.44. The number of hydrogen-bond acceptors (Lipinski definition) is 2. The number of aliphatic imine (C=N–C) groups is 1. The summed E-state index contributed by atoms with van der Waals surface area (Å²) in [5, 5.41) is 2.84. The third kappa shape index (κ3) is 7.50. The van der Waals surface area contributed by atoms with Gasteiger partial charge in [-0.25, -0.2) is 0 Å². The Bertz CT molecular complexity index is 382. The lowest BCUT2D eigenvalue weighted by Gasteiger charge is -2.33. The van der Waals surface area contributed by atoms with E-state index in [4.69, 9.17) is 0 Å². The molecule has 1 N–H and O–H groups in total. The Morgan fingerprint density at radius 2 is 1.91 bits per heavy atom. The molecule has 0 unspecified atom stereocenters. The molecule has 9 heteroatoms. The van der Waals surface area contributed by atoms with Crippen LogP contribution in [0.15, 0.2) is 4.99 Å². The Morgan fingerprint density at radius 1 is 1.36 bits per heavy atom. The molecule has 0 bridgehead atoms. The first-order chi connectivity index (χ1) is 9.73. The van der Waals surface area contributed by atoms with Crippen LogP contribution in [0.5, 0.6) is 0 Å². The van der Waals surface area contributed by atoms with Gasteiger partial charge in [0.2, 0.25) is 5.91 Å². The Hall–Kier alpha value is -0.740. The lowest BCUT2D eigenvalue weighted by molar-refractivity contribution is -0.157. The second kappa shape index (κ2) is 9.41. The van der Waals surface area contributed by atoms with Crippen LogP contribution >= 0.6 is 24.0 Å². The van der Waals surface area contributed by atoms with Gasteiger partial charge in [-0.3, -0.25) is 9.79 Å². The van der Waals surface area contributed by atoms with Crippen molar-refractivity contribution >= 4 is 35.8 Å². The third-order valence-corrected chi connectivity index (χ3v) is 3.53. The first-order valence-electron chi connectivity index (χ1n) is 6.99. The quantitative estimate of drug-likeness (QED) is 0.418. The van der Waals surface area contributed by atoms with Gasteiger partial charge in [-0.2, -0.15) is 13.2 Å². The van der Waals surface area contributed by atoms with Crippen molar-refractivity contribution in [3.63, 3.8) is 0 Å². The molecule has 130 valence electrons. The van der Waals surface area contributed by atoms with Gasteiger partial charge in [0.15, 0.2) is 5.96 Å². The largest absolute Gasteiger partial charge is 0.406 e. The predicted molar refractivity (Wildman–Crippen MR) is 90.4 cm³/mol. The van der Waals surface area contributed by atoms with Gasteiger partial charge in [-0.15, -0.1) is 24.0 Å². The van der Waals surface area contributed by atoms with E-state index in [0.717, 1.165) is 33.0 Å². The van der Waals surface area contributed by atoms with Crippen molar-refractivity contribution in [2.24, 2.45) is 10.9 Å². The highest BCUT2D eigenvalue weighted by atomic mass is 127. The summed E-state index contributed by atoms with van der Waals surface area (Å²) in [5.41, 5.74) is 0. The number of nitrogens with one attached hydrogen (secondary N) is 1. The predicted octanol–water partition coefficient (Wildman–Crippen LogP) is 1.93. The standard InChI is InChI=1S/C13H23F3N4O.HI/c1-10-4-6-20(7-5-10)12(17-2)18-8-11(21)19(3)9-13(14,15)16;/h10H,4-9H2,1-3H3,(H,17,18);1H. The van der Waals surface area contributed by atoms with Gasteiger partial charge < -0.3 is 15.1 Å². The van der Waals surface area contributed by atoms with E-state index in [1.807, 2.05) is 4.90 Å². The number of rotatable bonds is 3. The summed E-state index contributed by atoms with van der Waals surface area (Å²) in [6.07, 6.45) is -2.29. The number of carbonyl (C=O) groups excluding carboxylic acids is 1. The molecule has 0 aromatic heterocycles. The fourth-order valence-electron chi connectivity index (χ4n) is 2.20. The number of halogens is 4. The van der Waals surface area contributed by atoms with E-state index in [1.54, 1.807) is 7.05 Å². The number of carbonyl (C=O) groups is 1. The average Bonchev–Trinajstić information content (AvgIpc) is 2.39. The number of alkyl halides is 3. The van der Waals surface area contributed by atoms with Crippen LogP contribution in [0, 0.1) is 5.92 Å². The summed E-state index contributed by atoms with van der Waals surface area (Å²) in [7, 11) is 2.74. The monoisotopic (exact) mass is 436 g/mol. The van der Waals surface area contributed by atoms with Crippen molar-refractivity contribution in [2.45, 2.75) is 25.9 Å². The van der Waals surface area contributed by atoms with E-state index in [-0.39, 0.29) is 30.5 Å². The topological polar surface area (TPSA) is 47.9 Å². The van der Waals surface area contributed by atoms with E-state index in [0.29, 0.717) is 16.8 Å². The summed E-state index contributed by atoms with van der Waals surface area (Å²) < 4.78 is 36.6. The Kier molecular flexibility index (Phi) is 9.09. The summed E-state index contributed by atoms with van der Waals surface area (Å²) in [6, 6.07) is 0. The van der Waals surface area contributed by atoms with E-state index >= 15 is 0 Å². The maximum absolute atomic E-state index is 12.2. The third-order valence-electron chi connectivity index (χ3n) is 3.53. The first kappa shape index (κ1) is 21.3. The zero-order valence-electron chi connectivity index (χ0n) is 13.1. The van der Waals surface area contributed by atoms with Crippen molar-refractivity contribution in [2.75, 3.05) is 40.3 Å². The van der Waals surface area contributed by atoms with Crippen LogP contribution in [-0.4, -0.2) is 68.1 Å². The second-order valence-corrected chi connectivity index (χ2v) is 5.44. The molecule has 1 saturated heterocycles. The number of amides is 1.